The average molecular weight is 384 g/mol. The largest absolute Gasteiger partial charge is 0.273 e. The second-order valence-corrected chi connectivity index (χ2v) is 7.42. The van der Waals surface area contributed by atoms with Crippen LogP contribution in [0.3, 0.4) is 0 Å². The quantitative estimate of drug-likeness (QED) is 0.640. The fraction of sp³-hybridized carbons (Fsp3) is 0.167. The zero-order valence-corrected chi connectivity index (χ0v) is 15.9. The lowest BCUT2D eigenvalue weighted by atomic mass is 9.90. The first-order valence-electron chi connectivity index (χ1n) is 9.65. The molecular formula is C24H20N2O3. The molecule has 0 bridgehead atoms. The maximum absolute atomic E-state index is 13.4. The first-order valence-corrected chi connectivity index (χ1v) is 9.65. The van der Waals surface area contributed by atoms with Crippen molar-refractivity contribution in [2.24, 2.45) is 5.92 Å². The van der Waals surface area contributed by atoms with Crippen LogP contribution in [0.5, 0.6) is 0 Å². The van der Waals surface area contributed by atoms with Crippen molar-refractivity contribution < 1.29 is 14.4 Å². The normalized spacial score (nSPS) is 23.6. The number of carbonyl (C=O) groups excluding carboxylic acids is 2. The van der Waals surface area contributed by atoms with Gasteiger partial charge in [-0.2, -0.15) is 0 Å². The van der Waals surface area contributed by atoms with E-state index in [4.69, 9.17) is 4.84 Å². The standard InChI is InChI=1S/C24H20N2O3/c1-16-12-14-17(15-13-16)21-20-22(29-26(21)19-10-6-3-7-11-19)24(28)25(23(20)27)18-8-4-2-5-9-18/h2-15,20-22H,1H3/t20-,21-,22-/m1/s1. The highest BCUT2D eigenvalue weighted by Crippen LogP contribution is 2.47. The number of hydrogen-bond acceptors (Lipinski definition) is 4. The van der Waals surface area contributed by atoms with Crippen LogP contribution in [0.25, 0.3) is 0 Å². The molecule has 3 aromatic rings. The SMILES string of the molecule is Cc1ccc([C@@H]2[C@H]3C(=O)N(c4ccccc4)C(=O)[C@@H]3ON2c2ccccc2)cc1. The minimum Gasteiger partial charge on any atom is -0.273 e. The van der Waals surface area contributed by atoms with E-state index in [1.807, 2.05) is 79.7 Å². The number of imide groups is 1. The van der Waals surface area contributed by atoms with E-state index in [2.05, 4.69) is 0 Å². The van der Waals surface area contributed by atoms with Gasteiger partial charge in [-0.25, -0.2) is 9.96 Å². The second-order valence-electron chi connectivity index (χ2n) is 7.42. The molecule has 3 atom stereocenters. The number of fused-ring (bicyclic) bond motifs is 1. The molecule has 2 heterocycles. The third-order valence-corrected chi connectivity index (χ3v) is 5.56. The van der Waals surface area contributed by atoms with Crippen molar-refractivity contribution in [3.8, 4) is 0 Å². The summed E-state index contributed by atoms with van der Waals surface area (Å²) < 4.78 is 0. The maximum Gasteiger partial charge on any atom is 0.266 e. The lowest BCUT2D eigenvalue weighted by Gasteiger charge is -2.28. The first kappa shape index (κ1) is 17.6. The van der Waals surface area contributed by atoms with E-state index in [0.717, 1.165) is 16.8 Å². The van der Waals surface area contributed by atoms with Gasteiger partial charge in [0.25, 0.3) is 5.91 Å². The fourth-order valence-corrected chi connectivity index (χ4v) is 4.15. The van der Waals surface area contributed by atoms with Crippen molar-refractivity contribution in [1.82, 2.24) is 0 Å². The molecule has 0 saturated carbocycles. The van der Waals surface area contributed by atoms with Gasteiger partial charge in [0, 0.05) is 0 Å². The Morgan fingerprint density at radius 3 is 1.93 bits per heavy atom. The Morgan fingerprint density at radius 1 is 0.724 bits per heavy atom. The molecule has 2 amide bonds. The Kier molecular flexibility index (Phi) is 4.18. The lowest BCUT2D eigenvalue weighted by Crippen LogP contribution is -2.37. The van der Waals surface area contributed by atoms with E-state index >= 15 is 0 Å². The number of rotatable bonds is 3. The number of amides is 2. The van der Waals surface area contributed by atoms with E-state index in [-0.39, 0.29) is 17.9 Å². The molecule has 2 aliphatic heterocycles. The number of hydrogen-bond donors (Lipinski definition) is 0. The molecule has 5 nitrogen and oxygen atoms in total. The third kappa shape index (κ3) is 2.82. The number of aryl methyl sites for hydroxylation is 1. The predicted molar refractivity (Wildman–Crippen MR) is 110 cm³/mol. The highest BCUT2D eigenvalue weighted by Gasteiger charge is 2.60. The molecule has 3 aromatic carbocycles. The average Bonchev–Trinajstić information content (AvgIpc) is 3.26. The van der Waals surface area contributed by atoms with Crippen molar-refractivity contribution in [2.75, 3.05) is 9.96 Å². The summed E-state index contributed by atoms with van der Waals surface area (Å²) >= 11 is 0. The van der Waals surface area contributed by atoms with Crippen LogP contribution in [0.4, 0.5) is 11.4 Å². The van der Waals surface area contributed by atoms with Crippen LogP contribution in [-0.2, 0) is 14.4 Å². The van der Waals surface area contributed by atoms with E-state index in [1.165, 1.54) is 4.90 Å². The Bertz CT molecular complexity index is 1050. The summed E-state index contributed by atoms with van der Waals surface area (Å²) in [6.45, 7) is 2.02. The smallest absolute Gasteiger partial charge is 0.266 e. The molecule has 5 rings (SSSR count). The number of carbonyl (C=O) groups is 2. The summed E-state index contributed by atoms with van der Waals surface area (Å²) in [5.41, 5.74) is 3.48. The summed E-state index contributed by atoms with van der Waals surface area (Å²) in [5.74, 6) is -1.15. The molecule has 0 aliphatic carbocycles. The van der Waals surface area contributed by atoms with Crippen LogP contribution >= 0.6 is 0 Å². The molecule has 0 spiro atoms. The van der Waals surface area contributed by atoms with Gasteiger partial charge in [0.05, 0.1) is 17.4 Å². The molecule has 0 radical (unpaired) electrons. The Morgan fingerprint density at radius 2 is 1.31 bits per heavy atom. The van der Waals surface area contributed by atoms with Gasteiger partial charge in [0.1, 0.15) is 5.92 Å². The minimum atomic E-state index is -0.839. The summed E-state index contributed by atoms with van der Waals surface area (Å²) in [6, 6.07) is 26.3. The molecule has 2 saturated heterocycles. The topological polar surface area (TPSA) is 49.9 Å². The van der Waals surface area contributed by atoms with Crippen molar-refractivity contribution >= 4 is 23.2 Å². The Balaban J connectivity index is 1.59. The van der Waals surface area contributed by atoms with Gasteiger partial charge in [0.2, 0.25) is 5.91 Å². The zero-order chi connectivity index (χ0) is 20.0. The maximum atomic E-state index is 13.4. The van der Waals surface area contributed by atoms with Gasteiger partial charge in [-0.15, -0.1) is 0 Å². The number of benzene rings is 3. The van der Waals surface area contributed by atoms with Crippen LogP contribution in [-0.4, -0.2) is 17.9 Å². The van der Waals surface area contributed by atoms with Crippen molar-refractivity contribution in [1.29, 1.82) is 0 Å². The van der Waals surface area contributed by atoms with Gasteiger partial charge in [-0.3, -0.25) is 14.4 Å². The van der Waals surface area contributed by atoms with Crippen molar-refractivity contribution in [3.63, 3.8) is 0 Å². The summed E-state index contributed by atoms with van der Waals surface area (Å²) in [7, 11) is 0. The molecule has 2 aliphatic rings. The fourth-order valence-electron chi connectivity index (χ4n) is 4.15. The van der Waals surface area contributed by atoms with Crippen LogP contribution in [0.2, 0.25) is 0 Å². The highest BCUT2D eigenvalue weighted by atomic mass is 16.7. The molecule has 0 unspecified atom stereocenters. The van der Waals surface area contributed by atoms with Gasteiger partial charge >= 0.3 is 0 Å². The minimum absolute atomic E-state index is 0.227. The van der Waals surface area contributed by atoms with Crippen LogP contribution in [0.1, 0.15) is 17.2 Å². The Hall–Kier alpha value is -3.44. The van der Waals surface area contributed by atoms with E-state index in [0.29, 0.717) is 5.69 Å². The van der Waals surface area contributed by atoms with Crippen LogP contribution in [0.15, 0.2) is 84.9 Å². The zero-order valence-electron chi connectivity index (χ0n) is 15.9. The number of hydroxylamine groups is 1. The number of nitrogens with zero attached hydrogens (tertiary/aromatic N) is 2. The van der Waals surface area contributed by atoms with Crippen molar-refractivity contribution in [2.45, 2.75) is 19.1 Å². The monoisotopic (exact) mass is 384 g/mol. The number of para-hydroxylation sites is 2. The predicted octanol–water partition coefficient (Wildman–Crippen LogP) is 4.05. The van der Waals surface area contributed by atoms with Gasteiger partial charge in [0.15, 0.2) is 6.10 Å². The van der Waals surface area contributed by atoms with E-state index < -0.39 is 12.0 Å². The van der Waals surface area contributed by atoms with Gasteiger partial charge in [-0.05, 0) is 36.8 Å². The van der Waals surface area contributed by atoms with Crippen molar-refractivity contribution in [3.05, 3.63) is 96.1 Å². The third-order valence-electron chi connectivity index (χ3n) is 5.56. The molecule has 0 aromatic heterocycles. The molecule has 144 valence electrons. The Labute approximate surface area is 169 Å². The van der Waals surface area contributed by atoms with E-state index in [1.54, 1.807) is 17.2 Å². The van der Waals surface area contributed by atoms with Crippen LogP contribution < -0.4 is 9.96 Å². The summed E-state index contributed by atoms with van der Waals surface area (Å²) in [4.78, 5) is 34.0. The van der Waals surface area contributed by atoms with E-state index in [9.17, 15) is 9.59 Å². The van der Waals surface area contributed by atoms with Crippen LogP contribution in [0, 0.1) is 12.8 Å². The lowest BCUT2D eigenvalue weighted by molar-refractivity contribution is -0.126. The molecule has 2 fully saturated rings. The molecular weight excluding hydrogens is 364 g/mol. The molecule has 0 N–H and O–H groups in total. The molecule has 29 heavy (non-hydrogen) atoms. The summed E-state index contributed by atoms with van der Waals surface area (Å²) in [5, 5.41) is 1.72. The second kappa shape index (κ2) is 6.87. The van der Waals surface area contributed by atoms with Gasteiger partial charge in [-0.1, -0.05) is 66.2 Å². The molecule has 5 heteroatoms. The van der Waals surface area contributed by atoms with Gasteiger partial charge < -0.3 is 0 Å². The first-order chi connectivity index (χ1) is 14.1. The highest BCUT2D eigenvalue weighted by molar-refractivity contribution is 6.23. The number of anilines is 2. The summed E-state index contributed by atoms with van der Waals surface area (Å²) in [6.07, 6.45) is -0.839.